The summed E-state index contributed by atoms with van der Waals surface area (Å²) in [5, 5.41) is 15.8. The van der Waals surface area contributed by atoms with Crippen LogP contribution in [0.1, 0.15) is 31.2 Å². The van der Waals surface area contributed by atoms with Crippen LogP contribution in [0, 0.1) is 6.92 Å². The largest absolute Gasteiger partial charge is 0.482 e. The lowest BCUT2D eigenvalue weighted by molar-refractivity contribution is -0.139. The summed E-state index contributed by atoms with van der Waals surface area (Å²) in [7, 11) is -3.91. The molecule has 1 heterocycles. The van der Waals surface area contributed by atoms with Crippen molar-refractivity contribution in [2.75, 3.05) is 11.3 Å². The standard InChI is InChI=1S/C20H22N4O5S/c1-12(2)19-21-20(23-22-19)15-6-4-5-7-16(15)24-30(27,28)14-8-9-17(13(3)10-14)29-11-18(25)26/h4-10,12,24H,11H2,1-3H3,(H,25,26)(H,21,22,23). The predicted octanol–water partition coefficient (Wildman–Crippen LogP) is 3.17. The van der Waals surface area contributed by atoms with Crippen molar-refractivity contribution < 1.29 is 23.1 Å². The Balaban J connectivity index is 1.89. The Hall–Kier alpha value is -3.40. The summed E-state index contributed by atoms with van der Waals surface area (Å²) in [5.41, 5.74) is 1.39. The van der Waals surface area contributed by atoms with Crippen molar-refractivity contribution in [3.05, 3.63) is 53.9 Å². The minimum atomic E-state index is -3.91. The number of carboxylic acids is 1. The highest BCUT2D eigenvalue weighted by atomic mass is 32.2. The molecule has 0 saturated carbocycles. The predicted molar refractivity (Wildman–Crippen MR) is 111 cm³/mol. The van der Waals surface area contributed by atoms with Gasteiger partial charge in [0.05, 0.1) is 10.6 Å². The van der Waals surface area contributed by atoms with Crippen LogP contribution in [-0.4, -0.2) is 41.3 Å². The van der Waals surface area contributed by atoms with Crippen molar-refractivity contribution in [3.8, 4) is 17.1 Å². The second-order valence-electron chi connectivity index (χ2n) is 6.96. The van der Waals surface area contributed by atoms with Crippen LogP contribution in [-0.2, 0) is 14.8 Å². The lowest BCUT2D eigenvalue weighted by Crippen LogP contribution is -2.14. The van der Waals surface area contributed by atoms with Crippen LogP contribution in [0.25, 0.3) is 11.4 Å². The molecule has 1 aromatic heterocycles. The van der Waals surface area contributed by atoms with Crippen LogP contribution in [0.15, 0.2) is 47.4 Å². The summed E-state index contributed by atoms with van der Waals surface area (Å²) in [6.45, 7) is 5.09. The third-order valence-corrected chi connectivity index (χ3v) is 5.63. The van der Waals surface area contributed by atoms with Gasteiger partial charge in [0.2, 0.25) is 0 Å². The summed E-state index contributed by atoms with van der Waals surface area (Å²) in [4.78, 5) is 15.1. The van der Waals surface area contributed by atoms with Crippen LogP contribution in [0.5, 0.6) is 5.75 Å². The number of nitrogens with zero attached hydrogens (tertiary/aromatic N) is 2. The number of ether oxygens (including phenoxy) is 1. The summed E-state index contributed by atoms with van der Waals surface area (Å²) >= 11 is 0. The molecule has 0 unspecified atom stereocenters. The van der Waals surface area contributed by atoms with Gasteiger partial charge in [0, 0.05) is 11.5 Å². The number of H-pyrrole nitrogens is 1. The molecular weight excluding hydrogens is 408 g/mol. The summed E-state index contributed by atoms with van der Waals surface area (Å²) in [5.74, 6) is 0.441. The van der Waals surface area contributed by atoms with Gasteiger partial charge in [0.1, 0.15) is 11.6 Å². The van der Waals surface area contributed by atoms with Crippen molar-refractivity contribution in [3.63, 3.8) is 0 Å². The third kappa shape index (κ3) is 4.77. The molecule has 3 aromatic rings. The first-order valence-electron chi connectivity index (χ1n) is 9.17. The van der Waals surface area contributed by atoms with E-state index in [1.165, 1.54) is 18.2 Å². The molecule has 10 heteroatoms. The maximum absolute atomic E-state index is 12.9. The van der Waals surface area contributed by atoms with Crippen LogP contribution < -0.4 is 9.46 Å². The Bertz CT molecular complexity index is 1170. The second kappa shape index (κ2) is 8.54. The minimum absolute atomic E-state index is 0.0235. The molecule has 0 aliphatic carbocycles. The van der Waals surface area contributed by atoms with Crippen molar-refractivity contribution in [1.82, 2.24) is 15.2 Å². The van der Waals surface area contributed by atoms with Gasteiger partial charge >= 0.3 is 5.97 Å². The number of hydrogen-bond donors (Lipinski definition) is 3. The quantitative estimate of drug-likeness (QED) is 0.500. The van der Waals surface area contributed by atoms with Crippen LogP contribution in [0.4, 0.5) is 5.69 Å². The van der Waals surface area contributed by atoms with Crippen LogP contribution in [0.2, 0.25) is 0 Å². The molecule has 0 aliphatic rings. The number of aryl methyl sites for hydroxylation is 1. The zero-order valence-electron chi connectivity index (χ0n) is 16.7. The van der Waals surface area contributed by atoms with Gasteiger partial charge in [0.25, 0.3) is 10.0 Å². The van der Waals surface area contributed by atoms with E-state index in [2.05, 4.69) is 19.9 Å². The van der Waals surface area contributed by atoms with E-state index in [0.29, 0.717) is 34.2 Å². The molecule has 9 nitrogen and oxygen atoms in total. The molecule has 0 spiro atoms. The highest BCUT2D eigenvalue weighted by Gasteiger charge is 2.19. The summed E-state index contributed by atoms with van der Waals surface area (Å²) < 4.78 is 33.6. The number of hydrogen-bond acceptors (Lipinski definition) is 6. The molecule has 30 heavy (non-hydrogen) atoms. The van der Waals surface area contributed by atoms with Gasteiger partial charge < -0.3 is 9.84 Å². The molecule has 0 aliphatic heterocycles. The van der Waals surface area contributed by atoms with Crippen molar-refractivity contribution >= 4 is 21.7 Å². The highest BCUT2D eigenvalue weighted by Crippen LogP contribution is 2.29. The number of benzene rings is 2. The number of anilines is 1. The van der Waals surface area contributed by atoms with Crippen molar-refractivity contribution in [1.29, 1.82) is 0 Å². The number of aliphatic carboxylic acids is 1. The van der Waals surface area contributed by atoms with E-state index in [4.69, 9.17) is 9.84 Å². The van der Waals surface area contributed by atoms with E-state index in [1.807, 2.05) is 13.8 Å². The molecule has 0 bridgehead atoms. The normalized spacial score (nSPS) is 11.5. The van der Waals surface area contributed by atoms with E-state index in [9.17, 15) is 13.2 Å². The summed E-state index contributed by atoms with van der Waals surface area (Å²) in [6.07, 6.45) is 0. The molecule has 3 rings (SSSR count). The fraction of sp³-hybridized carbons (Fsp3) is 0.250. The number of aromatic amines is 1. The first-order valence-corrected chi connectivity index (χ1v) is 10.7. The Morgan fingerprint density at radius 3 is 2.60 bits per heavy atom. The molecule has 2 aromatic carbocycles. The van der Waals surface area contributed by atoms with Crippen LogP contribution >= 0.6 is 0 Å². The summed E-state index contributed by atoms with van der Waals surface area (Å²) in [6, 6.07) is 11.1. The highest BCUT2D eigenvalue weighted by molar-refractivity contribution is 7.92. The molecule has 3 N–H and O–H groups in total. The number of nitrogens with one attached hydrogen (secondary N) is 2. The van der Waals surface area contributed by atoms with Gasteiger partial charge in [0.15, 0.2) is 12.4 Å². The van der Waals surface area contributed by atoms with Gasteiger partial charge in [-0.15, -0.1) is 0 Å². The third-order valence-electron chi connectivity index (χ3n) is 4.27. The lowest BCUT2D eigenvalue weighted by Gasteiger charge is -2.13. The van der Waals surface area contributed by atoms with Gasteiger partial charge in [-0.25, -0.2) is 18.2 Å². The number of carboxylic acid groups (broad SMARTS) is 1. The molecule has 0 radical (unpaired) electrons. The molecule has 0 saturated heterocycles. The number of aromatic nitrogens is 3. The Kier molecular flexibility index (Phi) is 6.06. The number of rotatable bonds is 8. The fourth-order valence-corrected chi connectivity index (χ4v) is 3.88. The zero-order chi connectivity index (χ0) is 21.9. The molecule has 0 fully saturated rings. The maximum Gasteiger partial charge on any atom is 0.341 e. The SMILES string of the molecule is Cc1cc(S(=O)(=O)Nc2ccccc2-c2n[nH]c(C(C)C)n2)ccc1OCC(=O)O. The van der Waals surface area contributed by atoms with E-state index in [0.717, 1.165) is 0 Å². The molecule has 0 amide bonds. The van der Waals surface area contributed by atoms with E-state index in [1.54, 1.807) is 31.2 Å². The fourth-order valence-electron chi connectivity index (χ4n) is 2.71. The first-order chi connectivity index (χ1) is 14.2. The van der Waals surface area contributed by atoms with E-state index >= 15 is 0 Å². The average Bonchev–Trinajstić information content (AvgIpc) is 3.17. The Morgan fingerprint density at radius 1 is 1.23 bits per heavy atom. The monoisotopic (exact) mass is 430 g/mol. The van der Waals surface area contributed by atoms with Gasteiger partial charge in [-0.05, 0) is 42.8 Å². The Morgan fingerprint density at radius 2 is 1.97 bits per heavy atom. The van der Waals surface area contributed by atoms with Gasteiger partial charge in [-0.2, -0.15) is 5.10 Å². The number of para-hydroxylation sites is 1. The minimum Gasteiger partial charge on any atom is -0.482 e. The van der Waals surface area contributed by atoms with Gasteiger partial charge in [-0.1, -0.05) is 26.0 Å². The topological polar surface area (TPSA) is 134 Å². The molecule has 0 atom stereocenters. The molecular formula is C20H22N4O5S. The van der Waals surface area contributed by atoms with Crippen LogP contribution in [0.3, 0.4) is 0 Å². The van der Waals surface area contributed by atoms with Crippen molar-refractivity contribution in [2.45, 2.75) is 31.6 Å². The average molecular weight is 430 g/mol. The van der Waals surface area contributed by atoms with Crippen molar-refractivity contribution in [2.24, 2.45) is 0 Å². The maximum atomic E-state index is 12.9. The van der Waals surface area contributed by atoms with E-state index < -0.39 is 22.6 Å². The first kappa shape index (κ1) is 21.3. The zero-order valence-corrected chi connectivity index (χ0v) is 17.5. The van der Waals surface area contributed by atoms with Gasteiger partial charge in [-0.3, -0.25) is 9.82 Å². The second-order valence-corrected chi connectivity index (χ2v) is 8.64. The molecule has 158 valence electrons. The Labute approximate surface area is 174 Å². The smallest absolute Gasteiger partial charge is 0.341 e. The lowest BCUT2D eigenvalue weighted by atomic mass is 10.1. The number of sulfonamides is 1. The van der Waals surface area contributed by atoms with E-state index in [-0.39, 0.29) is 10.8 Å². The number of carbonyl (C=O) groups is 1.